The summed E-state index contributed by atoms with van der Waals surface area (Å²) in [5, 5.41) is 3.84. The number of hydrogen-bond acceptors (Lipinski definition) is 6. The number of para-hydroxylation sites is 1. The number of aromatic nitrogens is 1. The van der Waals surface area contributed by atoms with Crippen LogP contribution in [0.15, 0.2) is 54.6 Å². The molecule has 0 unspecified atom stereocenters. The third kappa shape index (κ3) is 3.94. The minimum absolute atomic E-state index is 0.180. The van der Waals surface area contributed by atoms with Gasteiger partial charge in [0, 0.05) is 48.3 Å². The second kappa shape index (κ2) is 8.84. The Morgan fingerprint density at radius 3 is 2.73 bits per heavy atom. The normalized spacial score (nSPS) is 13.6. The molecule has 3 heterocycles. The molecule has 33 heavy (non-hydrogen) atoms. The van der Waals surface area contributed by atoms with Crippen molar-refractivity contribution in [3.8, 4) is 16.9 Å². The molecule has 4 aromatic rings. The van der Waals surface area contributed by atoms with Gasteiger partial charge in [0.05, 0.1) is 12.8 Å². The summed E-state index contributed by atoms with van der Waals surface area (Å²) in [6.07, 6.45) is 0.858. The van der Waals surface area contributed by atoms with Gasteiger partial charge < -0.3 is 20.7 Å². The van der Waals surface area contributed by atoms with Gasteiger partial charge in [-0.15, -0.1) is 11.3 Å². The van der Waals surface area contributed by atoms with E-state index in [1.807, 2.05) is 48.5 Å². The highest BCUT2D eigenvalue weighted by molar-refractivity contribution is 7.21. The monoisotopic (exact) mass is 458 g/mol. The van der Waals surface area contributed by atoms with Gasteiger partial charge in [0.2, 0.25) is 0 Å². The molecular formula is C26H26N4O2S. The molecule has 6 nitrogen and oxygen atoms in total. The van der Waals surface area contributed by atoms with E-state index in [2.05, 4.69) is 23.3 Å². The first-order valence-electron chi connectivity index (χ1n) is 10.9. The summed E-state index contributed by atoms with van der Waals surface area (Å²) in [7, 11) is 3.79. The van der Waals surface area contributed by atoms with Crippen LogP contribution in [0.3, 0.4) is 0 Å². The highest BCUT2D eigenvalue weighted by Gasteiger charge is 2.28. The summed E-state index contributed by atoms with van der Waals surface area (Å²) in [4.78, 5) is 21.7. The summed E-state index contributed by atoms with van der Waals surface area (Å²) >= 11 is 1.36. The van der Waals surface area contributed by atoms with Crippen molar-refractivity contribution in [2.75, 3.05) is 26.4 Å². The van der Waals surface area contributed by atoms with Crippen LogP contribution in [0.2, 0.25) is 0 Å². The van der Waals surface area contributed by atoms with Crippen molar-refractivity contribution >= 4 is 33.1 Å². The van der Waals surface area contributed by atoms with Crippen LogP contribution in [0.5, 0.6) is 5.75 Å². The Bertz CT molecular complexity index is 1330. The molecule has 0 bridgehead atoms. The van der Waals surface area contributed by atoms with E-state index in [0.717, 1.165) is 63.4 Å². The second-order valence-electron chi connectivity index (χ2n) is 8.29. The Hall–Kier alpha value is -3.42. The minimum Gasteiger partial charge on any atom is -0.496 e. The second-order valence-corrected chi connectivity index (χ2v) is 9.29. The Labute approximate surface area is 197 Å². The summed E-state index contributed by atoms with van der Waals surface area (Å²) in [5.74, 6) is 0.599. The van der Waals surface area contributed by atoms with E-state index < -0.39 is 0 Å². The number of likely N-dealkylation sites (N-methyl/N-ethyl adjacent to an activating group) is 1. The zero-order chi connectivity index (χ0) is 22.9. The standard InChI is InChI=1S/C26H26N4O2S/c1-30-13-12-19-18(15-30)21(17-10-6-7-11-20(17)32-2)22-23(27)24(33-26(22)29-19)25(31)28-14-16-8-4-3-5-9-16/h3-11H,12-15,27H2,1-2H3,(H,28,31). The number of methoxy groups -OCH3 is 1. The number of pyridine rings is 1. The fraction of sp³-hybridized carbons (Fsp3) is 0.231. The van der Waals surface area contributed by atoms with Crippen molar-refractivity contribution in [1.82, 2.24) is 15.2 Å². The summed E-state index contributed by atoms with van der Waals surface area (Å²) in [6.45, 7) is 2.17. The number of nitrogens with zero attached hydrogens (tertiary/aromatic N) is 2. The Morgan fingerprint density at radius 1 is 1.18 bits per heavy atom. The molecule has 0 saturated heterocycles. The average Bonchev–Trinajstić information content (AvgIpc) is 3.17. The maximum atomic E-state index is 13.1. The van der Waals surface area contributed by atoms with Gasteiger partial charge in [0.25, 0.3) is 5.91 Å². The highest BCUT2D eigenvalue weighted by atomic mass is 32.1. The maximum Gasteiger partial charge on any atom is 0.263 e. The zero-order valence-electron chi connectivity index (χ0n) is 18.7. The highest BCUT2D eigenvalue weighted by Crippen LogP contribution is 2.45. The van der Waals surface area contributed by atoms with Crippen LogP contribution in [0.25, 0.3) is 21.3 Å². The third-order valence-electron chi connectivity index (χ3n) is 6.10. The molecule has 2 aromatic heterocycles. The SMILES string of the molecule is COc1ccccc1-c1c2c(nc3sc(C(=O)NCc4ccccc4)c(N)c13)CCN(C)C2. The van der Waals surface area contributed by atoms with Gasteiger partial charge >= 0.3 is 0 Å². The molecular weight excluding hydrogens is 432 g/mol. The van der Waals surface area contributed by atoms with E-state index in [1.165, 1.54) is 11.3 Å². The van der Waals surface area contributed by atoms with Crippen LogP contribution >= 0.6 is 11.3 Å². The fourth-order valence-electron chi connectivity index (χ4n) is 4.44. The van der Waals surface area contributed by atoms with Crippen molar-refractivity contribution in [2.24, 2.45) is 0 Å². The molecule has 2 aromatic carbocycles. The first-order valence-corrected chi connectivity index (χ1v) is 11.8. The van der Waals surface area contributed by atoms with Gasteiger partial charge in [0.1, 0.15) is 15.5 Å². The van der Waals surface area contributed by atoms with Gasteiger partial charge in [-0.2, -0.15) is 0 Å². The van der Waals surface area contributed by atoms with Gasteiger partial charge in [-0.1, -0.05) is 48.5 Å². The number of benzene rings is 2. The zero-order valence-corrected chi connectivity index (χ0v) is 19.5. The topological polar surface area (TPSA) is 80.5 Å². The van der Waals surface area contributed by atoms with E-state index in [0.29, 0.717) is 17.1 Å². The molecule has 7 heteroatoms. The van der Waals surface area contributed by atoms with E-state index in [4.69, 9.17) is 15.5 Å². The molecule has 3 N–H and O–H groups in total. The number of fused-ring (bicyclic) bond motifs is 2. The summed E-state index contributed by atoms with van der Waals surface area (Å²) in [5.41, 5.74) is 12.4. The fourth-order valence-corrected chi connectivity index (χ4v) is 5.48. The van der Waals surface area contributed by atoms with Crippen LogP contribution in [-0.2, 0) is 19.5 Å². The van der Waals surface area contributed by atoms with Crippen LogP contribution < -0.4 is 15.8 Å². The predicted molar refractivity (Wildman–Crippen MR) is 134 cm³/mol. The molecule has 0 radical (unpaired) electrons. The van der Waals surface area contributed by atoms with Crippen molar-refractivity contribution in [3.63, 3.8) is 0 Å². The number of anilines is 1. The number of hydrogen-bond donors (Lipinski definition) is 2. The lowest BCUT2D eigenvalue weighted by atomic mass is 9.91. The van der Waals surface area contributed by atoms with E-state index in [1.54, 1.807) is 7.11 Å². The van der Waals surface area contributed by atoms with Crippen molar-refractivity contribution in [2.45, 2.75) is 19.5 Å². The third-order valence-corrected chi connectivity index (χ3v) is 7.20. The number of carbonyl (C=O) groups excluding carboxylic acids is 1. The first-order chi connectivity index (χ1) is 16.1. The Kier molecular flexibility index (Phi) is 5.74. The smallest absolute Gasteiger partial charge is 0.263 e. The van der Waals surface area contributed by atoms with Crippen LogP contribution in [0, 0.1) is 0 Å². The van der Waals surface area contributed by atoms with Gasteiger partial charge in [-0.25, -0.2) is 4.98 Å². The molecule has 1 amide bonds. The Balaban J connectivity index is 1.65. The van der Waals surface area contributed by atoms with Crippen LogP contribution in [-0.4, -0.2) is 36.5 Å². The number of nitrogen functional groups attached to an aromatic ring is 1. The van der Waals surface area contributed by atoms with Crippen LogP contribution in [0.4, 0.5) is 5.69 Å². The number of thiophene rings is 1. The quantitative estimate of drug-likeness (QED) is 0.461. The first kappa shape index (κ1) is 21.4. The van der Waals surface area contributed by atoms with E-state index in [-0.39, 0.29) is 5.91 Å². The number of nitrogens with one attached hydrogen (secondary N) is 1. The molecule has 0 saturated carbocycles. The van der Waals surface area contributed by atoms with Gasteiger partial charge in [0.15, 0.2) is 0 Å². The number of amides is 1. The van der Waals surface area contributed by atoms with Crippen molar-refractivity contribution in [1.29, 1.82) is 0 Å². The molecule has 0 atom stereocenters. The summed E-state index contributed by atoms with van der Waals surface area (Å²) < 4.78 is 5.70. The van der Waals surface area contributed by atoms with Crippen LogP contribution in [0.1, 0.15) is 26.5 Å². The molecule has 0 spiro atoms. The summed E-state index contributed by atoms with van der Waals surface area (Å²) in [6, 6.07) is 17.8. The van der Waals surface area contributed by atoms with E-state index in [9.17, 15) is 4.79 Å². The minimum atomic E-state index is -0.180. The van der Waals surface area contributed by atoms with Crippen molar-refractivity contribution in [3.05, 3.63) is 76.3 Å². The lowest BCUT2D eigenvalue weighted by Crippen LogP contribution is -2.28. The molecule has 5 rings (SSSR count). The molecule has 0 fully saturated rings. The molecule has 168 valence electrons. The predicted octanol–water partition coefficient (Wildman–Crippen LogP) is 4.47. The lowest BCUT2D eigenvalue weighted by molar-refractivity contribution is 0.0956. The number of carbonyl (C=O) groups is 1. The Morgan fingerprint density at radius 2 is 1.94 bits per heavy atom. The van der Waals surface area contributed by atoms with Gasteiger partial charge in [-0.05, 0) is 24.2 Å². The number of rotatable bonds is 5. The largest absolute Gasteiger partial charge is 0.496 e. The van der Waals surface area contributed by atoms with E-state index >= 15 is 0 Å². The van der Waals surface area contributed by atoms with Crippen molar-refractivity contribution < 1.29 is 9.53 Å². The number of nitrogens with two attached hydrogens (primary N) is 1. The molecule has 1 aliphatic rings. The van der Waals surface area contributed by atoms with Gasteiger partial charge in [-0.3, -0.25) is 4.79 Å². The maximum absolute atomic E-state index is 13.1. The average molecular weight is 459 g/mol. The molecule has 0 aliphatic carbocycles. The number of ether oxygens (including phenoxy) is 1. The lowest BCUT2D eigenvalue weighted by Gasteiger charge is -2.27. The molecule has 1 aliphatic heterocycles.